The maximum absolute atomic E-state index is 14.0. The summed E-state index contributed by atoms with van der Waals surface area (Å²) < 4.78 is 35.0. The van der Waals surface area contributed by atoms with Crippen molar-refractivity contribution in [1.29, 1.82) is 0 Å². The molecule has 2 heterocycles. The van der Waals surface area contributed by atoms with Gasteiger partial charge in [0.05, 0.1) is 13.2 Å². The summed E-state index contributed by atoms with van der Waals surface area (Å²) in [6.07, 6.45) is -0.966. The molecule has 5 rings (SSSR count). The van der Waals surface area contributed by atoms with Gasteiger partial charge in [-0.25, -0.2) is 14.0 Å². The molecule has 0 N–H and O–H groups in total. The number of rotatable bonds is 6. The van der Waals surface area contributed by atoms with Crippen molar-refractivity contribution in [3.63, 3.8) is 0 Å². The molecule has 1 aliphatic rings. The van der Waals surface area contributed by atoms with E-state index in [0.29, 0.717) is 39.4 Å². The highest BCUT2D eigenvalue weighted by atomic mass is 35.5. The van der Waals surface area contributed by atoms with Crippen LogP contribution in [0.3, 0.4) is 0 Å². The Morgan fingerprint density at radius 3 is 2.78 bits per heavy atom. The van der Waals surface area contributed by atoms with Crippen molar-refractivity contribution in [2.75, 3.05) is 20.3 Å². The van der Waals surface area contributed by atoms with Gasteiger partial charge >= 0.3 is 18.2 Å². The molecule has 0 saturated carbocycles. The molecule has 190 valence electrons. The second-order valence-corrected chi connectivity index (χ2v) is 8.51. The van der Waals surface area contributed by atoms with E-state index in [1.807, 2.05) is 0 Å². The van der Waals surface area contributed by atoms with E-state index >= 15 is 0 Å². The smallest absolute Gasteiger partial charge is 0.482 e. The van der Waals surface area contributed by atoms with E-state index in [-0.39, 0.29) is 19.2 Å². The third-order valence-corrected chi connectivity index (χ3v) is 6.00. The summed E-state index contributed by atoms with van der Waals surface area (Å²) in [6.45, 7) is -0.151. The standard InChI is InChI=1S/C26H20ClFN2O7/c1-33-23(31)14-34-21-9-6-16(27)13-19(21)24-18-8-7-17(28)12-15(18)10-11-30(24)37-26(32)36-25-29-20-4-2-3-5-22(20)35-25/h2-9,12-13,24H,10-11,14H2,1H3/t24-/m0/s1. The first kappa shape index (κ1) is 24.5. The molecular formula is C26H20ClFN2O7. The lowest BCUT2D eigenvalue weighted by Crippen LogP contribution is -2.39. The van der Waals surface area contributed by atoms with Crippen molar-refractivity contribution in [3.8, 4) is 11.8 Å². The van der Waals surface area contributed by atoms with E-state index in [9.17, 15) is 14.0 Å². The molecule has 4 aromatic rings. The van der Waals surface area contributed by atoms with E-state index in [1.54, 1.807) is 48.5 Å². The lowest BCUT2D eigenvalue weighted by molar-refractivity contribution is -0.144. The van der Waals surface area contributed by atoms with Crippen molar-refractivity contribution >= 4 is 34.8 Å². The third kappa shape index (κ3) is 5.35. The number of nitrogens with zero attached hydrogens (tertiary/aromatic N) is 2. The van der Waals surface area contributed by atoms with Gasteiger partial charge in [0, 0.05) is 17.1 Å². The molecule has 11 heteroatoms. The maximum Gasteiger partial charge on any atom is 0.537 e. The summed E-state index contributed by atoms with van der Waals surface area (Å²) >= 11 is 6.30. The maximum atomic E-state index is 14.0. The zero-order valence-corrected chi connectivity index (χ0v) is 20.2. The van der Waals surface area contributed by atoms with Gasteiger partial charge in [-0.05, 0) is 60.0 Å². The molecule has 0 amide bonds. The topological polar surface area (TPSA) is 100 Å². The summed E-state index contributed by atoms with van der Waals surface area (Å²) in [5.41, 5.74) is 2.83. The quantitative estimate of drug-likeness (QED) is 0.312. The Labute approximate surface area is 215 Å². The average molecular weight is 527 g/mol. The normalized spacial score (nSPS) is 15.2. The molecule has 0 saturated heterocycles. The van der Waals surface area contributed by atoms with Crippen LogP contribution in [0.25, 0.3) is 11.1 Å². The molecule has 1 atom stereocenters. The number of fused-ring (bicyclic) bond motifs is 2. The van der Waals surface area contributed by atoms with Crippen LogP contribution in [-0.4, -0.2) is 42.4 Å². The number of ether oxygens (including phenoxy) is 3. The number of aromatic nitrogens is 1. The Bertz CT molecular complexity index is 1440. The van der Waals surface area contributed by atoms with E-state index in [0.717, 1.165) is 5.56 Å². The highest BCUT2D eigenvalue weighted by Crippen LogP contribution is 2.41. The molecule has 0 unspecified atom stereocenters. The Morgan fingerprint density at radius 2 is 1.97 bits per heavy atom. The number of halogens is 2. The first-order chi connectivity index (χ1) is 17.9. The Kier molecular flexibility index (Phi) is 6.93. The number of esters is 1. The first-order valence-electron chi connectivity index (χ1n) is 11.2. The number of hydroxylamine groups is 2. The minimum Gasteiger partial charge on any atom is -0.482 e. The van der Waals surface area contributed by atoms with Crippen molar-refractivity contribution in [2.45, 2.75) is 12.5 Å². The van der Waals surface area contributed by atoms with Crippen LogP contribution in [0.4, 0.5) is 9.18 Å². The summed E-state index contributed by atoms with van der Waals surface area (Å²) in [5, 5.41) is 1.76. The minimum absolute atomic E-state index is 0.201. The van der Waals surface area contributed by atoms with Gasteiger partial charge in [0.15, 0.2) is 12.2 Å². The fourth-order valence-corrected chi connectivity index (χ4v) is 4.31. The van der Waals surface area contributed by atoms with Gasteiger partial charge in [-0.2, -0.15) is 4.98 Å². The lowest BCUT2D eigenvalue weighted by atomic mass is 9.89. The fourth-order valence-electron chi connectivity index (χ4n) is 4.13. The summed E-state index contributed by atoms with van der Waals surface area (Å²) in [5.74, 6) is -0.671. The van der Waals surface area contributed by atoms with Crippen molar-refractivity contribution in [3.05, 3.63) is 88.2 Å². The van der Waals surface area contributed by atoms with E-state index in [2.05, 4.69) is 9.72 Å². The predicted octanol–water partition coefficient (Wildman–Crippen LogP) is 5.25. The van der Waals surface area contributed by atoms with Crippen LogP contribution in [0.2, 0.25) is 5.02 Å². The molecule has 1 aliphatic heterocycles. The van der Waals surface area contributed by atoms with E-state index in [4.69, 9.17) is 30.3 Å². The molecule has 3 aromatic carbocycles. The molecule has 0 aliphatic carbocycles. The van der Waals surface area contributed by atoms with E-state index in [1.165, 1.54) is 24.3 Å². The van der Waals surface area contributed by atoms with Gasteiger partial charge < -0.3 is 23.5 Å². The van der Waals surface area contributed by atoms with Gasteiger partial charge in [-0.1, -0.05) is 29.8 Å². The van der Waals surface area contributed by atoms with Crippen LogP contribution < -0.4 is 9.47 Å². The SMILES string of the molecule is COC(=O)COc1ccc(Cl)cc1[C@@H]1c2ccc(F)cc2CCN1OC(=O)Oc1nc2ccccc2o1. The first-order valence-corrected chi connectivity index (χ1v) is 11.6. The summed E-state index contributed by atoms with van der Waals surface area (Å²) in [7, 11) is 1.25. The van der Waals surface area contributed by atoms with Crippen LogP contribution >= 0.6 is 11.6 Å². The number of oxazole rings is 1. The van der Waals surface area contributed by atoms with Gasteiger partial charge in [-0.3, -0.25) is 0 Å². The summed E-state index contributed by atoms with van der Waals surface area (Å²) in [6, 6.07) is 15.3. The predicted molar refractivity (Wildman–Crippen MR) is 129 cm³/mol. The highest BCUT2D eigenvalue weighted by Gasteiger charge is 2.35. The monoisotopic (exact) mass is 526 g/mol. The zero-order valence-electron chi connectivity index (χ0n) is 19.5. The third-order valence-electron chi connectivity index (χ3n) is 5.77. The van der Waals surface area contributed by atoms with Crippen LogP contribution in [0.1, 0.15) is 22.7 Å². The molecule has 0 radical (unpaired) electrons. The highest BCUT2D eigenvalue weighted by molar-refractivity contribution is 6.30. The van der Waals surface area contributed by atoms with Crippen molar-refractivity contribution < 1.29 is 37.4 Å². The molecule has 0 fully saturated rings. The number of hydrogen-bond acceptors (Lipinski definition) is 9. The largest absolute Gasteiger partial charge is 0.537 e. The zero-order chi connectivity index (χ0) is 25.9. The van der Waals surface area contributed by atoms with Gasteiger partial charge in [0.25, 0.3) is 0 Å². The lowest BCUT2D eigenvalue weighted by Gasteiger charge is -2.36. The van der Waals surface area contributed by atoms with Gasteiger partial charge in [0.2, 0.25) is 0 Å². The number of para-hydroxylation sites is 2. The number of carbonyl (C=O) groups is 2. The van der Waals surface area contributed by atoms with Crippen LogP contribution in [0.15, 0.2) is 65.1 Å². The summed E-state index contributed by atoms with van der Waals surface area (Å²) in [4.78, 5) is 34.1. The van der Waals surface area contributed by atoms with Gasteiger partial charge in [0.1, 0.15) is 17.1 Å². The fraction of sp³-hybridized carbons (Fsp3) is 0.192. The van der Waals surface area contributed by atoms with Gasteiger partial charge in [-0.15, -0.1) is 5.06 Å². The second kappa shape index (κ2) is 10.5. The number of carbonyl (C=O) groups excluding carboxylic acids is 2. The number of methoxy groups -OCH3 is 1. The molecule has 1 aromatic heterocycles. The molecule has 37 heavy (non-hydrogen) atoms. The Morgan fingerprint density at radius 1 is 1.14 bits per heavy atom. The molecule has 9 nitrogen and oxygen atoms in total. The number of hydrogen-bond donors (Lipinski definition) is 0. The average Bonchev–Trinajstić information content (AvgIpc) is 3.29. The van der Waals surface area contributed by atoms with Crippen molar-refractivity contribution in [1.82, 2.24) is 10.0 Å². The van der Waals surface area contributed by atoms with Crippen LogP contribution in [-0.2, 0) is 20.8 Å². The molecule has 0 bridgehead atoms. The van der Waals surface area contributed by atoms with Crippen molar-refractivity contribution in [2.24, 2.45) is 0 Å². The Balaban J connectivity index is 1.46. The molecule has 0 spiro atoms. The molecular weight excluding hydrogens is 507 g/mol. The number of benzene rings is 3. The van der Waals surface area contributed by atoms with Crippen LogP contribution in [0.5, 0.6) is 11.8 Å². The van der Waals surface area contributed by atoms with E-state index < -0.39 is 24.0 Å². The minimum atomic E-state index is -1.08. The Hall–Kier alpha value is -4.15. The second-order valence-electron chi connectivity index (χ2n) is 8.07. The van der Waals surface area contributed by atoms with Crippen LogP contribution in [0, 0.1) is 5.82 Å².